The summed E-state index contributed by atoms with van der Waals surface area (Å²) in [5, 5.41) is 5.78. The molecule has 2 aliphatic heterocycles. The van der Waals surface area contributed by atoms with Crippen LogP contribution in [0.25, 0.3) is 0 Å². The van der Waals surface area contributed by atoms with Crippen molar-refractivity contribution < 1.29 is 40.3 Å². The molecule has 3 atom stereocenters. The molecular formula is C30H37BrF4N4O5S. The van der Waals surface area contributed by atoms with Gasteiger partial charge in [-0.25, -0.2) is 17.5 Å². The van der Waals surface area contributed by atoms with Crippen molar-refractivity contribution in [3.63, 3.8) is 0 Å². The van der Waals surface area contributed by atoms with Crippen LogP contribution < -0.4 is 15.4 Å². The number of hydrogen-bond acceptors (Lipinski definition) is 6. The molecule has 2 saturated heterocycles. The summed E-state index contributed by atoms with van der Waals surface area (Å²) in [5.74, 6) is -1.56. The third-order valence-electron chi connectivity index (χ3n) is 8.09. The second-order valence-corrected chi connectivity index (χ2v) is 14.2. The Balaban J connectivity index is 1.53. The minimum atomic E-state index is -4.63. The summed E-state index contributed by atoms with van der Waals surface area (Å²) in [6.45, 7) is 0.964. The van der Waals surface area contributed by atoms with Crippen LogP contribution in [0, 0.1) is 11.7 Å². The van der Waals surface area contributed by atoms with Crippen LogP contribution in [0.4, 0.5) is 17.6 Å². The van der Waals surface area contributed by atoms with Crippen molar-refractivity contribution in [2.75, 3.05) is 25.9 Å². The van der Waals surface area contributed by atoms with Crippen molar-refractivity contribution in [2.45, 2.75) is 69.6 Å². The van der Waals surface area contributed by atoms with Crippen LogP contribution in [0.3, 0.4) is 0 Å². The number of likely N-dealkylation sites (tertiary alicyclic amines) is 1. The number of alkyl halides is 3. The third kappa shape index (κ3) is 10.2. The standard InChI is InChI=1S/C30H37BrF4N4O5S/c1-45(42,43)38-26(9-6-19-10-12-36-13-11-19)29(41)39-17-23(44-18-21-7-8-22(31)14-25(21)32)15-27(39)28(40)37-16-20-4-2-3-5-24(20)30(33,34)35/h2-5,7-8,14,19,23,26-27,36,38H,6,9-13,15-18H2,1H3,(H,37,40)/t23-,26-,27+/m1/s1. The van der Waals surface area contributed by atoms with Gasteiger partial charge in [-0.15, -0.1) is 0 Å². The smallest absolute Gasteiger partial charge is 0.371 e. The molecule has 0 unspecified atom stereocenters. The zero-order valence-electron chi connectivity index (χ0n) is 24.7. The molecule has 0 aromatic heterocycles. The van der Waals surface area contributed by atoms with Crippen LogP contribution in [0.5, 0.6) is 0 Å². The zero-order chi connectivity index (χ0) is 32.8. The van der Waals surface area contributed by atoms with Gasteiger partial charge in [-0.3, -0.25) is 9.59 Å². The van der Waals surface area contributed by atoms with Crippen molar-refractivity contribution in [3.8, 4) is 0 Å². The summed E-state index contributed by atoms with van der Waals surface area (Å²) in [6.07, 6.45) is -1.86. The van der Waals surface area contributed by atoms with E-state index in [0.717, 1.165) is 38.3 Å². The number of carbonyl (C=O) groups is 2. The largest absolute Gasteiger partial charge is 0.416 e. The first kappa shape index (κ1) is 35.3. The maximum Gasteiger partial charge on any atom is 0.416 e. The van der Waals surface area contributed by atoms with Crippen LogP contribution in [-0.2, 0) is 43.7 Å². The van der Waals surface area contributed by atoms with Gasteiger partial charge in [0.15, 0.2) is 0 Å². The lowest BCUT2D eigenvalue weighted by molar-refractivity contribution is -0.140. The maximum atomic E-state index is 14.4. The van der Waals surface area contributed by atoms with Gasteiger partial charge < -0.3 is 20.3 Å². The Morgan fingerprint density at radius 1 is 1.13 bits per heavy atom. The molecule has 0 aliphatic carbocycles. The van der Waals surface area contributed by atoms with E-state index in [9.17, 15) is 35.6 Å². The summed E-state index contributed by atoms with van der Waals surface area (Å²) >= 11 is 3.20. The number of piperidine rings is 1. The third-order valence-corrected chi connectivity index (χ3v) is 9.30. The Morgan fingerprint density at radius 3 is 2.51 bits per heavy atom. The molecule has 2 heterocycles. The SMILES string of the molecule is CS(=O)(=O)N[C@H](CCC1CCNCC1)C(=O)N1C[C@H](OCc2ccc(Br)cc2F)C[C@H]1C(=O)NCc1ccccc1C(F)(F)F. The Kier molecular flexibility index (Phi) is 12.0. The number of nitrogens with zero attached hydrogens (tertiary/aromatic N) is 1. The predicted molar refractivity (Wildman–Crippen MR) is 163 cm³/mol. The second kappa shape index (κ2) is 15.3. The van der Waals surface area contributed by atoms with Crippen LogP contribution in [0.2, 0.25) is 0 Å². The molecule has 4 rings (SSSR count). The number of amides is 2. The van der Waals surface area contributed by atoms with E-state index in [-0.39, 0.29) is 37.1 Å². The summed E-state index contributed by atoms with van der Waals surface area (Å²) in [7, 11) is -3.82. The van der Waals surface area contributed by atoms with E-state index in [1.165, 1.54) is 35.2 Å². The Hall–Kier alpha value is -2.59. The molecule has 2 aliphatic rings. The highest BCUT2D eigenvalue weighted by Gasteiger charge is 2.43. The highest BCUT2D eigenvalue weighted by atomic mass is 79.9. The highest BCUT2D eigenvalue weighted by Crippen LogP contribution is 2.32. The number of benzene rings is 2. The quantitative estimate of drug-likeness (QED) is 0.285. The van der Waals surface area contributed by atoms with Crippen molar-refractivity contribution in [1.82, 2.24) is 20.3 Å². The molecule has 248 valence electrons. The monoisotopic (exact) mass is 720 g/mol. The number of hydrogen-bond donors (Lipinski definition) is 3. The first-order valence-electron chi connectivity index (χ1n) is 14.7. The van der Waals surface area contributed by atoms with Crippen molar-refractivity contribution in [3.05, 3.63) is 69.4 Å². The topological polar surface area (TPSA) is 117 Å². The minimum Gasteiger partial charge on any atom is -0.371 e. The molecule has 3 N–H and O–H groups in total. The van der Waals surface area contributed by atoms with Crippen molar-refractivity contribution in [2.24, 2.45) is 5.92 Å². The van der Waals surface area contributed by atoms with Crippen molar-refractivity contribution >= 4 is 37.8 Å². The summed E-state index contributed by atoms with van der Waals surface area (Å²) < 4.78 is 88.4. The lowest BCUT2D eigenvalue weighted by atomic mass is 9.91. The lowest BCUT2D eigenvalue weighted by Gasteiger charge is -2.30. The first-order valence-corrected chi connectivity index (χ1v) is 17.4. The van der Waals surface area contributed by atoms with Gasteiger partial charge in [0.2, 0.25) is 21.8 Å². The Morgan fingerprint density at radius 2 is 1.84 bits per heavy atom. The molecule has 2 amide bonds. The predicted octanol–water partition coefficient (Wildman–Crippen LogP) is 4.11. The number of halogens is 5. The van der Waals surface area contributed by atoms with Gasteiger partial charge in [0, 0.05) is 29.5 Å². The van der Waals surface area contributed by atoms with E-state index in [4.69, 9.17) is 4.74 Å². The van der Waals surface area contributed by atoms with E-state index in [1.807, 2.05) is 0 Å². The summed E-state index contributed by atoms with van der Waals surface area (Å²) in [5.41, 5.74) is -0.782. The molecule has 0 spiro atoms. The number of sulfonamides is 1. The van der Waals surface area contributed by atoms with E-state index in [0.29, 0.717) is 16.8 Å². The van der Waals surface area contributed by atoms with Gasteiger partial charge in [0.25, 0.3) is 0 Å². The highest BCUT2D eigenvalue weighted by molar-refractivity contribution is 9.10. The average molecular weight is 722 g/mol. The molecule has 0 saturated carbocycles. The summed E-state index contributed by atoms with van der Waals surface area (Å²) in [4.78, 5) is 28.6. The lowest BCUT2D eigenvalue weighted by Crippen LogP contribution is -2.53. The second-order valence-electron chi connectivity index (χ2n) is 11.5. The fraction of sp³-hybridized carbons (Fsp3) is 0.533. The van der Waals surface area contributed by atoms with E-state index >= 15 is 0 Å². The molecule has 2 fully saturated rings. The fourth-order valence-electron chi connectivity index (χ4n) is 5.77. The van der Waals surface area contributed by atoms with Crippen LogP contribution >= 0.6 is 15.9 Å². The van der Waals surface area contributed by atoms with Crippen molar-refractivity contribution in [1.29, 1.82) is 0 Å². The molecule has 15 heteroatoms. The van der Waals surface area contributed by atoms with Crippen LogP contribution in [0.1, 0.15) is 48.8 Å². The molecule has 2 aromatic rings. The Bertz CT molecular complexity index is 1460. The molecular weight excluding hydrogens is 684 g/mol. The van der Waals surface area contributed by atoms with Gasteiger partial charge in [0.1, 0.15) is 17.9 Å². The van der Waals surface area contributed by atoms with Gasteiger partial charge >= 0.3 is 6.18 Å². The normalized spacial score (nSPS) is 20.3. The number of rotatable bonds is 12. The molecule has 2 aromatic carbocycles. The maximum absolute atomic E-state index is 14.4. The number of ether oxygens (including phenoxy) is 1. The minimum absolute atomic E-state index is 0.0173. The van der Waals surface area contributed by atoms with E-state index in [2.05, 4.69) is 31.3 Å². The van der Waals surface area contributed by atoms with Gasteiger partial charge in [-0.05, 0) is 68.5 Å². The Labute approximate surface area is 268 Å². The number of nitrogens with one attached hydrogen (secondary N) is 3. The summed E-state index contributed by atoms with van der Waals surface area (Å²) in [6, 6.07) is 7.00. The zero-order valence-corrected chi connectivity index (χ0v) is 27.1. The first-order chi connectivity index (χ1) is 21.2. The molecule has 0 radical (unpaired) electrons. The van der Waals surface area contributed by atoms with Crippen LogP contribution in [0.15, 0.2) is 46.9 Å². The van der Waals surface area contributed by atoms with Gasteiger partial charge in [-0.1, -0.05) is 40.2 Å². The fourth-order valence-corrected chi connectivity index (χ4v) is 6.84. The van der Waals surface area contributed by atoms with Gasteiger partial charge in [-0.2, -0.15) is 13.2 Å². The van der Waals surface area contributed by atoms with E-state index < -0.39 is 64.1 Å². The molecule has 9 nitrogen and oxygen atoms in total. The molecule has 0 bridgehead atoms. The average Bonchev–Trinajstić information content (AvgIpc) is 3.41. The molecule has 45 heavy (non-hydrogen) atoms. The van der Waals surface area contributed by atoms with E-state index in [1.54, 1.807) is 6.07 Å². The van der Waals surface area contributed by atoms with Gasteiger partial charge in [0.05, 0.1) is 24.5 Å². The van der Waals surface area contributed by atoms with Crippen LogP contribution in [-0.4, -0.2) is 69.2 Å². The number of carbonyl (C=O) groups excluding carboxylic acids is 2.